The smallest absolute Gasteiger partial charge is 0.319 e. The molecule has 2 amide bonds. The zero-order valence-corrected chi connectivity index (χ0v) is 12.7. The van der Waals surface area contributed by atoms with Crippen LogP contribution in [0, 0.1) is 19.8 Å². The molecule has 1 aromatic rings. The van der Waals surface area contributed by atoms with Gasteiger partial charge in [-0.3, -0.25) is 0 Å². The molecule has 1 aliphatic carbocycles. The van der Waals surface area contributed by atoms with Gasteiger partial charge in [-0.25, -0.2) is 4.79 Å². The summed E-state index contributed by atoms with van der Waals surface area (Å²) in [5.41, 5.74) is 2.94. The maximum absolute atomic E-state index is 11.8. The summed E-state index contributed by atoms with van der Waals surface area (Å²) in [6, 6.07) is 5.52. The molecule has 0 radical (unpaired) electrons. The fourth-order valence-corrected chi connectivity index (χ4v) is 2.05. The van der Waals surface area contributed by atoms with E-state index >= 15 is 0 Å². The number of aliphatic hydroxyl groups is 1. The molecule has 21 heavy (non-hydrogen) atoms. The van der Waals surface area contributed by atoms with Crippen molar-refractivity contribution >= 4 is 11.7 Å². The Kier molecular flexibility index (Phi) is 5.59. The van der Waals surface area contributed by atoms with Crippen molar-refractivity contribution in [3.63, 3.8) is 0 Å². The van der Waals surface area contributed by atoms with Crippen molar-refractivity contribution in [1.29, 1.82) is 0 Å². The van der Waals surface area contributed by atoms with Gasteiger partial charge in [-0.15, -0.1) is 0 Å². The summed E-state index contributed by atoms with van der Waals surface area (Å²) in [6.45, 7) is 5.12. The summed E-state index contributed by atoms with van der Waals surface area (Å²) in [4.78, 5) is 11.8. The van der Waals surface area contributed by atoms with E-state index in [2.05, 4.69) is 10.6 Å². The van der Waals surface area contributed by atoms with Gasteiger partial charge in [0, 0.05) is 18.8 Å². The monoisotopic (exact) mass is 292 g/mol. The molecule has 1 fully saturated rings. The van der Waals surface area contributed by atoms with E-state index in [1.165, 1.54) is 12.8 Å². The number of carbonyl (C=O) groups is 1. The van der Waals surface area contributed by atoms with Crippen LogP contribution in [0.3, 0.4) is 0 Å². The van der Waals surface area contributed by atoms with Crippen molar-refractivity contribution < 1.29 is 14.6 Å². The number of aliphatic hydroxyl groups excluding tert-OH is 1. The highest BCUT2D eigenvalue weighted by atomic mass is 16.5. The summed E-state index contributed by atoms with van der Waals surface area (Å²) in [6.07, 6.45) is 1.79. The van der Waals surface area contributed by atoms with Crippen molar-refractivity contribution in [2.24, 2.45) is 5.92 Å². The topological polar surface area (TPSA) is 70.6 Å². The molecule has 116 valence electrons. The molecule has 1 atom stereocenters. The van der Waals surface area contributed by atoms with E-state index in [4.69, 9.17) is 4.74 Å². The number of benzene rings is 1. The molecule has 0 aliphatic heterocycles. The highest BCUT2D eigenvalue weighted by Crippen LogP contribution is 2.28. The summed E-state index contributed by atoms with van der Waals surface area (Å²) in [7, 11) is 0. The van der Waals surface area contributed by atoms with Crippen LogP contribution in [-0.2, 0) is 4.74 Å². The molecule has 0 spiro atoms. The second kappa shape index (κ2) is 7.43. The molecule has 0 heterocycles. The molecule has 1 aliphatic rings. The predicted molar refractivity (Wildman–Crippen MR) is 82.5 cm³/mol. The molecule has 5 heteroatoms. The van der Waals surface area contributed by atoms with Crippen LogP contribution in [-0.4, -0.2) is 37.0 Å². The average Bonchev–Trinajstić information content (AvgIpc) is 3.24. The molecular weight excluding hydrogens is 268 g/mol. The number of ether oxygens (including phenoxy) is 1. The zero-order chi connectivity index (χ0) is 15.2. The maximum atomic E-state index is 11.8. The van der Waals surface area contributed by atoms with Crippen molar-refractivity contribution in [2.75, 3.05) is 25.1 Å². The molecule has 1 unspecified atom stereocenters. The lowest BCUT2D eigenvalue weighted by Gasteiger charge is -2.14. The third-order valence-corrected chi connectivity index (χ3v) is 3.49. The highest BCUT2D eigenvalue weighted by molar-refractivity contribution is 5.90. The summed E-state index contributed by atoms with van der Waals surface area (Å²) >= 11 is 0. The van der Waals surface area contributed by atoms with Crippen molar-refractivity contribution in [2.45, 2.75) is 32.8 Å². The third kappa shape index (κ3) is 5.73. The molecule has 3 N–H and O–H groups in total. The standard InChI is InChI=1S/C16H24N2O3/c1-11-3-6-15(12(2)7-11)18-16(20)17-8-14(19)10-21-9-13-4-5-13/h3,6-7,13-14,19H,4-5,8-10H2,1-2H3,(H2,17,18,20). The van der Waals surface area contributed by atoms with Crippen LogP contribution in [0.5, 0.6) is 0 Å². The normalized spacial score (nSPS) is 15.6. The molecule has 5 nitrogen and oxygen atoms in total. The number of urea groups is 1. The molecule has 0 saturated heterocycles. The third-order valence-electron chi connectivity index (χ3n) is 3.49. The first-order valence-electron chi connectivity index (χ1n) is 7.42. The van der Waals surface area contributed by atoms with Crippen molar-refractivity contribution in [3.8, 4) is 0 Å². The van der Waals surface area contributed by atoms with Crippen LogP contribution < -0.4 is 10.6 Å². The Morgan fingerprint density at radius 3 is 2.86 bits per heavy atom. The number of hydrogen-bond donors (Lipinski definition) is 3. The van der Waals surface area contributed by atoms with Gasteiger partial charge in [0.05, 0.1) is 12.7 Å². The Bertz CT molecular complexity index is 486. The van der Waals surface area contributed by atoms with E-state index in [0.717, 1.165) is 16.8 Å². The summed E-state index contributed by atoms with van der Waals surface area (Å²) in [5.74, 6) is 0.679. The van der Waals surface area contributed by atoms with Crippen LogP contribution in [0.1, 0.15) is 24.0 Å². The first-order chi connectivity index (χ1) is 10.0. The Morgan fingerprint density at radius 2 is 2.19 bits per heavy atom. The van der Waals surface area contributed by atoms with Crippen LogP contribution in [0.2, 0.25) is 0 Å². The number of aryl methyl sites for hydroxylation is 2. The summed E-state index contributed by atoms with van der Waals surface area (Å²) in [5, 5.41) is 15.1. The Labute approximate surface area is 125 Å². The number of amides is 2. The number of rotatable bonds is 7. The van der Waals surface area contributed by atoms with Crippen LogP contribution in [0.15, 0.2) is 18.2 Å². The lowest BCUT2D eigenvalue weighted by atomic mass is 10.1. The first kappa shape index (κ1) is 15.8. The fourth-order valence-electron chi connectivity index (χ4n) is 2.05. The molecule has 1 saturated carbocycles. The minimum atomic E-state index is -0.673. The Morgan fingerprint density at radius 1 is 1.43 bits per heavy atom. The number of anilines is 1. The predicted octanol–water partition coefficient (Wildman–Crippen LogP) is 2.21. The van der Waals surface area contributed by atoms with Crippen molar-refractivity contribution in [1.82, 2.24) is 5.32 Å². The van der Waals surface area contributed by atoms with Gasteiger partial charge in [-0.05, 0) is 44.2 Å². The van der Waals surface area contributed by atoms with Crippen LogP contribution >= 0.6 is 0 Å². The SMILES string of the molecule is Cc1ccc(NC(=O)NCC(O)COCC2CC2)c(C)c1. The first-order valence-corrected chi connectivity index (χ1v) is 7.42. The van der Waals surface area contributed by atoms with Crippen LogP contribution in [0.25, 0.3) is 0 Å². The van der Waals surface area contributed by atoms with Gasteiger partial charge in [-0.1, -0.05) is 17.7 Å². The average molecular weight is 292 g/mol. The van der Waals surface area contributed by atoms with Gasteiger partial charge in [0.15, 0.2) is 0 Å². The highest BCUT2D eigenvalue weighted by Gasteiger charge is 2.21. The lowest BCUT2D eigenvalue weighted by molar-refractivity contribution is 0.0339. The second-order valence-electron chi connectivity index (χ2n) is 5.79. The molecule has 2 rings (SSSR count). The number of hydrogen-bond acceptors (Lipinski definition) is 3. The molecular formula is C16H24N2O3. The second-order valence-corrected chi connectivity index (χ2v) is 5.79. The van der Waals surface area contributed by atoms with Crippen molar-refractivity contribution in [3.05, 3.63) is 29.3 Å². The Balaban J connectivity index is 1.66. The quantitative estimate of drug-likeness (QED) is 0.721. The maximum Gasteiger partial charge on any atom is 0.319 e. The van der Waals surface area contributed by atoms with E-state index in [0.29, 0.717) is 12.5 Å². The number of carbonyl (C=O) groups excluding carboxylic acids is 1. The van der Waals surface area contributed by atoms with Gasteiger partial charge in [0.1, 0.15) is 0 Å². The minimum absolute atomic E-state index is 0.182. The number of nitrogens with one attached hydrogen (secondary N) is 2. The van der Waals surface area contributed by atoms with Gasteiger partial charge in [0.25, 0.3) is 0 Å². The zero-order valence-electron chi connectivity index (χ0n) is 12.7. The Hall–Kier alpha value is -1.59. The van der Waals surface area contributed by atoms with E-state index in [-0.39, 0.29) is 19.2 Å². The molecule has 0 bridgehead atoms. The fraction of sp³-hybridized carbons (Fsp3) is 0.562. The van der Waals surface area contributed by atoms with E-state index < -0.39 is 6.10 Å². The molecule has 0 aromatic heterocycles. The van der Waals surface area contributed by atoms with Crippen LogP contribution in [0.4, 0.5) is 10.5 Å². The largest absolute Gasteiger partial charge is 0.389 e. The van der Waals surface area contributed by atoms with Gasteiger partial charge >= 0.3 is 6.03 Å². The molecule has 1 aromatic carbocycles. The minimum Gasteiger partial charge on any atom is -0.389 e. The van der Waals surface area contributed by atoms with Gasteiger partial charge < -0.3 is 20.5 Å². The summed E-state index contributed by atoms with van der Waals surface area (Å²) < 4.78 is 5.38. The van der Waals surface area contributed by atoms with E-state index in [9.17, 15) is 9.90 Å². The van der Waals surface area contributed by atoms with Gasteiger partial charge in [0.2, 0.25) is 0 Å². The van der Waals surface area contributed by atoms with E-state index in [1.54, 1.807) is 0 Å². The van der Waals surface area contributed by atoms with Gasteiger partial charge in [-0.2, -0.15) is 0 Å². The lowest BCUT2D eigenvalue weighted by Crippen LogP contribution is -2.37. The van der Waals surface area contributed by atoms with E-state index in [1.807, 2.05) is 32.0 Å².